The lowest BCUT2D eigenvalue weighted by atomic mass is 9.81. The monoisotopic (exact) mass is 367 g/mol. The molecular weight excluding hydrogens is 353 g/mol. The molecule has 1 N–H and O–H groups in total. The second kappa shape index (κ2) is 6.45. The van der Waals surface area contributed by atoms with Crippen molar-refractivity contribution in [3.8, 4) is 0 Å². The third-order valence-electron chi connectivity index (χ3n) is 4.32. The number of nitrogens with one attached hydrogen (secondary N) is 1. The largest absolute Gasteiger partial charge is 0.301 e. The third kappa shape index (κ3) is 3.41. The smallest absolute Gasteiger partial charge is 0.157 e. The molecule has 5 heteroatoms. The minimum Gasteiger partial charge on any atom is -0.301 e. The zero-order valence-corrected chi connectivity index (χ0v) is 14.8. The molecule has 2 aromatic rings. The van der Waals surface area contributed by atoms with Gasteiger partial charge in [0.2, 0.25) is 0 Å². The molecule has 0 bridgehead atoms. The van der Waals surface area contributed by atoms with Gasteiger partial charge in [-0.1, -0.05) is 47.5 Å². The minimum absolute atomic E-state index is 0.0258. The van der Waals surface area contributed by atoms with E-state index in [1.165, 1.54) is 0 Å². The third-order valence-corrected chi connectivity index (χ3v) is 5.25. The summed E-state index contributed by atoms with van der Waals surface area (Å²) in [6.45, 7) is 1.77. The molecule has 1 aliphatic heterocycles. The molecule has 3 rings (SSSR count). The number of rotatable bonds is 2. The Morgan fingerprint density at radius 1 is 0.957 bits per heavy atom. The Hall–Kier alpha value is -1.06. The van der Waals surface area contributed by atoms with Crippen LogP contribution in [0.15, 0.2) is 48.5 Å². The summed E-state index contributed by atoms with van der Waals surface area (Å²) in [5.74, 6) is 0.0258. The van der Waals surface area contributed by atoms with Gasteiger partial charge in [0.05, 0.1) is 6.04 Å². The summed E-state index contributed by atoms with van der Waals surface area (Å²) in [6.07, 6.45) is 0.353. The Morgan fingerprint density at radius 2 is 1.43 bits per heavy atom. The van der Waals surface area contributed by atoms with E-state index in [4.69, 9.17) is 34.8 Å². The SMILES string of the molecule is C[C@]1(Cl)C(=O)C[C@@H](c2ccc(Cl)cc2)N[C@H]1c1ccc(Cl)cc1. The van der Waals surface area contributed by atoms with E-state index in [1.807, 2.05) is 48.5 Å². The first kappa shape index (κ1) is 16.8. The maximum atomic E-state index is 12.6. The fraction of sp³-hybridized carbons (Fsp3) is 0.278. The molecule has 2 nitrogen and oxygen atoms in total. The van der Waals surface area contributed by atoms with Crippen molar-refractivity contribution in [3.63, 3.8) is 0 Å². The highest BCUT2D eigenvalue weighted by molar-refractivity contribution is 6.36. The number of piperidine rings is 1. The van der Waals surface area contributed by atoms with Gasteiger partial charge in [0.25, 0.3) is 0 Å². The van der Waals surface area contributed by atoms with Crippen LogP contribution in [0.5, 0.6) is 0 Å². The predicted octanol–water partition coefficient (Wildman–Crippen LogP) is 5.34. The molecule has 0 radical (unpaired) electrons. The van der Waals surface area contributed by atoms with Gasteiger partial charge in [-0.3, -0.25) is 4.79 Å². The lowest BCUT2D eigenvalue weighted by molar-refractivity contribution is -0.124. The number of Topliss-reactive ketones (excluding diaryl/α,β-unsaturated/α-hetero) is 1. The Kier molecular flexibility index (Phi) is 4.70. The van der Waals surface area contributed by atoms with E-state index in [-0.39, 0.29) is 17.9 Å². The van der Waals surface area contributed by atoms with Crippen molar-refractivity contribution in [2.24, 2.45) is 0 Å². The molecule has 120 valence electrons. The fourth-order valence-corrected chi connectivity index (χ4v) is 3.45. The highest BCUT2D eigenvalue weighted by atomic mass is 35.5. The van der Waals surface area contributed by atoms with E-state index in [0.29, 0.717) is 16.5 Å². The van der Waals surface area contributed by atoms with Gasteiger partial charge in [0, 0.05) is 22.5 Å². The van der Waals surface area contributed by atoms with Crippen LogP contribution in [0.2, 0.25) is 10.0 Å². The molecular formula is C18H16Cl3NO. The summed E-state index contributed by atoms with van der Waals surface area (Å²) in [5, 5.41) is 4.83. The summed E-state index contributed by atoms with van der Waals surface area (Å²) in [6, 6.07) is 14.6. The molecule has 1 heterocycles. The number of carbonyl (C=O) groups is 1. The van der Waals surface area contributed by atoms with Crippen LogP contribution in [0.3, 0.4) is 0 Å². The Balaban J connectivity index is 1.94. The Bertz CT molecular complexity index is 710. The lowest BCUT2D eigenvalue weighted by Crippen LogP contribution is -2.50. The van der Waals surface area contributed by atoms with Crippen molar-refractivity contribution < 1.29 is 4.79 Å². The van der Waals surface area contributed by atoms with E-state index in [0.717, 1.165) is 11.1 Å². The molecule has 23 heavy (non-hydrogen) atoms. The maximum Gasteiger partial charge on any atom is 0.157 e. The van der Waals surface area contributed by atoms with Crippen LogP contribution in [-0.2, 0) is 4.79 Å². The van der Waals surface area contributed by atoms with Crippen molar-refractivity contribution in [2.75, 3.05) is 0 Å². The molecule has 0 spiro atoms. The highest BCUT2D eigenvalue weighted by Gasteiger charge is 2.45. The molecule has 0 aliphatic carbocycles. The number of carbonyl (C=O) groups excluding carboxylic acids is 1. The first-order valence-corrected chi connectivity index (χ1v) is 8.50. The van der Waals surface area contributed by atoms with Crippen LogP contribution in [-0.4, -0.2) is 10.7 Å². The molecule has 2 aromatic carbocycles. The van der Waals surface area contributed by atoms with Crippen LogP contribution in [0, 0.1) is 0 Å². The second-order valence-corrected chi connectivity index (χ2v) is 7.62. The van der Waals surface area contributed by atoms with Crippen molar-refractivity contribution in [1.82, 2.24) is 5.32 Å². The van der Waals surface area contributed by atoms with Crippen LogP contribution in [0.1, 0.15) is 36.6 Å². The van der Waals surface area contributed by atoms with Crippen molar-refractivity contribution in [2.45, 2.75) is 30.3 Å². The summed E-state index contributed by atoms with van der Waals surface area (Å²) in [5.41, 5.74) is 1.97. The summed E-state index contributed by atoms with van der Waals surface area (Å²) >= 11 is 18.5. The van der Waals surface area contributed by atoms with Crippen LogP contribution in [0.4, 0.5) is 0 Å². The quantitative estimate of drug-likeness (QED) is 0.725. The molecule has 1 saturated heterocycles. The average molecular weight is 369 g/mol. The maximum absolute atomic E-state index is 12.6. The Labute approximate surface area is 150 Å². The first-order chi connectivity index (χ1) is 10.9. The van der Waals surface area contributed by atoms with Crippen molar-refractivity contribution in [1.29, 1.82) is 0 Å². The van der Waals surface area contributed by atoms with Gasteiger partial charge < -0.3 is 5.32 Å². The summed E-state index contributed by atoms with van der Waals surface area (Å²) in [7, 11) is 0. The summed E-state index contributed by atoms with van der Waals surface area (Å²) in [4.78, 5) is 11.6. The number of halogens is 3. The van der Waals surface area contributed by atoms with Gasteiger partial charge in [-0.2, -0.15) is 0 Å². The highest BCUT2D eigenvalue weighted by Crippen LogP contribution is 2.41. The number of hydrogen-bond donors (Lipinski definition) is 1. The number of hydrogen-bond acceptors (Lipinski definition) is 2. The Morgan fingerprint density at radius 3 is 1.96 bits per heavy atom. The van der Waals surface area contributed by atoms with Gasteiger partial charge in [-0.25, -0.2) is 0 Å². The lowest BCUT2D eigenvalue weighted by Gasteiger charge is -2.40. The van der Waals surface area contributed by atoms with Gasteiger partial charge >= 0.3 is 0 Å². The van der Waals surface area contributed by atoms with Gasteiger partial charge in [-0.15, -0.1) is 11.6 Å². The molecule has 1 aliphatic rings. The standard InChI is InChI=1S/C18H16Cl3NO/c1-18(21)16(23)10-15(11-2-6-13(19)7-3-11)22-17(18)12-4-8-14(20)9-5-12/h2-9,15,17,22H,10H2,1H3/t15-,17-,18-/m0/s1. The molecule has 1 fully saturated rings. The van der Waals surface area contributed by atoms with E-state index < -0.39 is 4.87 Å². The predicted molar refractivity (Wildman–Crippen MR) is 95.4 cm³/mol. The van der Waals surface area contributed by atoms with Gasteiger partial charge in [-0.05, 0) is 42.3 Å². The van der Waals surface area contributed by atoms with Crippen LogP contribution < -0.4 is 5.32 Å². The number of benzene rings is 2. The van der Waals surface area contributed by atoms with Crippen molar-refractivity contribution >= 4 is 40.6 Å². The van der Waals surface area contributed by atoms with Gasteiger partial charge in [0.1, 0.15) is 4.87 Å². The van der Waals surface area contributed by atoms with E-state index in [2.05, 4.69) is 5.32 Å². The number of alkyl halides is 1. The van der Waals surface area contributed by atoms with Gasteiger partial charge in [0.15, 0.2) is 5.78 Å². The minimum atomic E-state index is -0.989. The first-order valence-electron chi connectivity index (χ1n) is 7.37. The zero-order valence-electron chi connectivity index (χ0n) is 12.5. The van der Waals surface area contributed by atoms with Crippen molar-refractivity contribution in [3.05, 3.63) is 69.7 Å². The average Bonchev–Trinajstić information content (AvgIpc) is 2.52. The molecule has 0 unspecified atom stereocenters. The summed E-state index contributed by atoms with van der Waals surface area (Å²) < 4.78 is 0. The fourth-order valence-electron chi connectivity index (χ4n) is 2.94. The molecule has 0 aromatic heterocycles. The normalized spacial score (nSPS) is 27.9. The number of ketones is 1. The van der Waals surface area contributed by atoms with E-state index in [1.54, 1.807) is 6.92 Å². The molecule has 0 saturated carbocycles. The van der Waals surface area contributed by atoms with Crippen LogP contribution >= 0.6 is 34.8 Å². The second-order valence-electron chi connectivity index (χ2n) is 5.96. The molecule has 3 atom stereocenters. The topological polar surface area (TPSA) is 29.1 Å². The molecule has 0 amide bonds. The van der Waals surface area contributed by atoms with E-state index >= 15 is 0 Å². The van der Waals surface area contributed by atoms with E-state index in [9.17, 15) is 4.79 Å². The zero-order chi connectivity index (χ0) is 16.6. The van der Waals surface area contributed by atoms with Crippen LogP contribution in [0.25, 0.3) is 0 Å².